The second-order valence-electron chi connectivity index (χ2n) is 14.7. The first-order valence-electron chi connectivity index (χ1n) is 17.5. The molecule has 0 aliphatic heterocycles. The maximum Gasteiger partial charge on any atom is 0.144 e. The minimum atomic E-state index is -1.34. The third-order valence-corrected chi connectivity index (χ3v) is 12.4. The molecular weight excluding hydrogens is 797 g/mol. The van der Waals surface area contributed by atoms with E-state index in [1.165, 1.54) is 31.2 Å². The van der Waals surface area contributed by atoms with E-state index >= 15 is 0 Å². The number of furan rings is 1. The molecule has 49 heavy (non-hydrogen) atoms. The van der Waals surface area contributed by atoms with Gasteiger partial charge < -0.3 is 19.4 Å². The van der Waals surface area contributed by atoms with Gasteiger partial charge in [0, 0.05) is 43.6 Å². The Morgan fingerprint density at radius 1 is 0.898 bits per heavy atom. The van der Waals surface area contributed by atoms with Crippen LogP contribution in [0.3, 0.4) is 0 Å². The van der Waals surface area contributed by atoms with Gasteiger partial charge in [-0.1, -0.05) is 71.0 Å². The Hall–Kier alpha value is -3.51. The van der Waals surface area contributed by atoms with Gasteiger partial charge in [-0.2, -0.15) is 0 Å². The smallest absolute Gasteiger partial charge is 0.144 e. The maximum atomic E-state index is 5.92. The molecule has 5 nitrogen and oxygen atoms in total. The number of hydrogen-bond donors (Lipinski definition) is 0. The van der Waals surface area contributed by atoms with Crippen LogP contribution in [0.25, 0.3) is 44.6 Å². The van der Waals surface area contributed by atoms with Crippen molar-refractivity contribution in [3.05, 3.63) is 102 Å². The Morgan fingerprint density at radius 2 is 1.63 bits per heavy atom. The Labute approximate surface area is 306 Å². The molecule has 7 rings (SSSR count). The zero-order valence-corrected chi connectivity index (χ0v) is 33.6. The normalized spacial score (nSPS) is 13.7. The summed E-state index contributed by atoms with van der Waals surface area (Å²) in [5.74, 6) is 0.747. The zero-order chi connectivity index (χ0) is 34.1. The SMILES string of the molecule is CCC(C)(CC)c1ccnc(-c2[c-]nc3oc4c(C)nc(C)cc4c3c2)c1.C[Si](C)(C)c1cnc(-c2[c-]cccc2)cc1C1CCCC1.[Ir]. The van der Waals surface area contributed by atoms with Crippen molar-refractivity contribution in [1.82, 2.24) is 19.9 Å². The molecule has 1 aliphatic rings. The van der Waals surface area contributed by atoms with Crippen LogP contribution in [-0.2, 0) is 25.5 Å². The van der Waals surface area contributed by atoms with E-state index in [0.717, 1.165) is 69.0 Å². The van der Waals surface area contributed by atoms with Gasteiger partial charge in [0.25, 0.3) is 0 Å². The van der Waals surface area contributed by atoms with Gasteiger partial charge in [0.15, 0.2) is 0 Å². The van der Waals surface area contributed by atoms with E-state index in [0.29, 0.717) is 5.71 Å². The minimum Gasteiger partial charge on any atom is -0.481 e. The molecular formula is C42H48IrN4OSi-2. The Balaban J connectivity index is 0.000000193. The van der Waals surface area contributed by atoms with Gasteiger partial charge in [0.05, 0.1) is 13.8 Å². The molecule has 5 aromatic heterocycles. The Morgan fingerprint density at radius 3 is 2.31 bits per heavy atom. The van der Waals surface area contributed by atoms with E-state index in [1.54, 1.807) is 10.8 Å². The Kier molecular flexibility index (Phi) is 11.4. The minimum absolute atomic E-state index is 0. The molecule has 1 aliphatic carbocycles. The molecule has 1 aromatic carbocycles. The van der Waals surface area contributed by atoms with Crippen LogP contribution < -0.4 is 5.19 Å². The molecule has 7 heteroatoms. The predicted molar refractivity (Wildman–Crippen MR) is 201 cm³/mol. The van der Waals surface area contributed by atoms with Crippen LogP contribution >= 0.6 is 0 Å². The van der Waals surface area contributed by atoms with Gasteiger partial charge in [0.2, 0.25) is 0 Å². The molecule has 1 saturated carbocycles. The van der Waals surface area contributed by atoms with E-state index in [9.17, 15) is 0 Å². The van der Waals surface area contributed by atoms with Gasteiger partial charge in [-0.25, -0.2) is 0 Å². The number of hydrogen-bond acceptors (Lipinski definition) is 5. The fourth-order valence-electron chi connectivity index (χ4n) is 7.04. The fraction of sp³-hybridized carbons (Fsp3) is 0.381. The number of fused-ring (bicyclic) bond motifs is 3. The van der Waals surface area contributed by atoms with Crippen LogP contribution in [0.2, 0.25) is 19.6 Å². The van der Waals surface area contributed by atoms with Crippen molar-refractivity contribution in [3.63, 3.8) is 0 Å². The quantitative estimate of drug-likeness (QED) is 0.118. The first kappa shape index (κ1) is 36.8. The second-order valence-corrected chi connectivity index (χ2v) is 19.7. The average Bonchev–Trinajstić information content (AvgIpc) is 3.77. The summed E-state index contributed by atoms with van der Waals surface area (Å²) in [6.07, 6.45) is 14.8. The van der Waals surface area contributed by atoms with E-state index in [-0.39, 0.29) is 25.5 Å². The summed E-state index contributed by atoms with van der Waals surface area (Å²) in [6.45, 7) is 18.0. The van der Waals surface area contributed by atoms with Crippen LogP contribution in [-0.4, -0.2) is 28.0 Å². The standard InChI is InChI=1S/C23H24N3O.C19H24NSi.Ir/c1-6-23(5,7-2)17-8-9-24-20(12-17)16-11-19-18-10-14(3)26-15(4)21(18)27-22(19)25-13-16;1-21(2,3)19-14-20-18(16-11-5-4-6-12-16)13-17(19)15-9-7-8-10-15;/h8-12H,6-7H2,1-5H3;4-6,11,13-15H,7-10H2,1-3H3;/q2*-1;. The molecule has 6 aromatic rings. The van der Waals surface area contributed by atoms with Gasteiger partial charge in [-0.3, -0.25) is 4.98 Å². The zero-order valence-electron chi connectivity index (χ0n) is 30.2. The molecule has 0 atom stereocenters. The van der Waals surface area contributed by atoms with Gasteiger partial charge in [-0.05, 0) is 96.7 Å². The van der Waals surface area contributed by atoms with E-state index in [4.69, 9.17) is 9.40 Å². The number of pyridine rings is 4. The molecule has 1 fully saturated rings. The Bertz CT molecular complexity index is 2040. The average molecular weight is 845 g/mol. The number of aryl methyl sites for hydroxylation is 2. The van der Waals surface area contributed by atoms with Crippen molar-refractivity contribution in [2.24, 2.45) is 0 Å². The third kappa shape index (κ3) is 7.80. The summed E-state index contributed by atoms with van der Waals surface area (Å²) < 4.78 is 5.92. The first-order chi connectivity index (χ1) is 23.0. The first-order valence-corrected chi connectivity index (χ1v) is 21.0. The molecule has 0 amide bonds. The van der Waals surface area contributed by atoms with Crippen LogP contribution in [0.4, 0.5) is 0 Å². The van der Waals surface area contributed by atoms with Crippen molar-refractivity contribution < 1.29 is 24.5 Å². The largest absolute Gasteiger partial charge is 0.481 e. The van der Waals surface area contributed by atoms with Crippen molar-refractivity contribution in [3.8, 4) is 22.5 Å². The second kappa shape index (κ2) is 15.2. The number of rotatable bonds is 7. The van der Waals surface area contributed by atoms with Crippen molar-refractivity contribution in [1.29, 1.82) is 0 Å². The third-order valence-electron chi connectivity index (χ3n) is 10.4. The molecule has 1 radical (unpaired) electrons. The fourth-order valence-corrected chi connectivity index (χ4v) is 8.63. The van der Waals surface area contributed by atoms with Crippen LogP contribution in [0.15, 0.2) is 71.4 Å². The monoisotopic (exact) mass is 845 g/mol. The molecule has 0 N–H and O–H groups in total. The van der Waals surface area contributed by atoms with E-state index in [2.05, 4.69) is 116 Å². The van der Waals surface area contributed by atoms with Crippen molar-refractivity contribution in [2.45, 2.75) is 104 Å². The van der Waals surface area contributed by atoms with E-state index < -0.39 is 8.07 Å². The van der Waals surface area contributed by atoms with Crippen LogP contribution in [0.1, 0.15) is 87.7 Å². The van der Waals surface area contributed by atoms with Crippen molar-refractivity contribution in [2.75, 3.05) is 0 Å². The van der Waals surface area contributed by atoms with Gasteiger partial charge in [-0.15, -0.1) is 47.5 Å². The van der Waals surface area contributed by atoms with Crippen molar-refractivity contribution >= 4 is 35.3 Å². The molecule has 0 saturated heterocycles. The predicted octanol–water partition coefficient (Wildman–Crippen LogP) is 10.7. The molecule has 0 bridgehead atoms. The van der Waals surface area contributed by atoms with E-state index in [1.807, 2.05) is 32.2 Å². The molecule has 0 unspecified atom stereocenters. The van der Waals surface area contributed by atoms with Gasteiger partial charge >= 0.3 is 0 Å². The summed E-state index contributed by atoms with van der Waals surface area (Å²) in [5.41, 5.74) is 10.2. The van der Waals surface area contributed by atoms with Crippen LogP contribution in [0, 0.1) is 26.1 Å². The number of aromatic nitrogens is 4. The maximum absolute atomic E-state index is 5.92. The summed E-state index contributed by atoms with van der Waals surface area (Å²) in [6, 6.07) is 22.2. The van der Waals surface area contributed by atoms with Gasteiger partial charge in [0.1, 0.15) is 11.3 Å². The summed E-state index contributed by atoms with van der Waals surface area (Å²) >= 11 is 0. The van der Waals surface area contributed by atoms with Crippen LogP contribution in [0.5, 0.6) is 0 Å². The summed E-state index contributed by atoms with van der Waals surface area (Å²) in [5, 5.41) is 3.57. The topological polar surface area (TPSA) is 64.7 Å². The summed E-state index contributed by atoms with van der Waals surface area (Å²) in [4.78, 5) is 18.3. The number of benzene rings is 1. The molecule has 257 valence electrons. The number of nitrogens with zero attached hydrogens (tertiary/aromatic N) is 4. The molecule has 0 spiro atoms. The molecule has 5 heterocycles. The summed E-state index contributed by atoms with van der Waals surface area (Å²) in [7, 11) is -1.34.